The van der Waals surface area contributed by atoms with Crippen LogP contribution < -0.4 is 5.32 Å². The number of carbonyl (C=O) groups is 1. The molecule has 0 spiro atoms. The van der Waals surface area contributed by atoms with Gasteiger partial charge in [0.1, 0.15) is 0 Å². The van der Waals surface area contributed by atoms with Gasteiger partial charge in [0.15, 0.2) is 0 Å². The summed E-state index contributed by atoms with van der Waals surface area (Å²) in [6.07, 6.45) is 6.04. The predicted molar refractivity (Wildman–Crippen MR) is 92.3 cm³/mol. The van der Waals surface area contributed by atoms with Gasteiger partial charge < -0.3 is 24.8 Å². The largest absolute Gasteiger partial charge is 0.394 e. The minimum atomic E-state index is 0.0406. The number of rotatable bonds is 6. The SMILES string of the molecule is O=C(c1cccnc1)N1CCC(N[C@H]2COCC[C@H]2OCCO)CC1. The molecule has 0 aliphatic carbocycles. The van der Waals surface area contributed by atoms with Crippen molar-refractivity contribution < 1.29 is 19.4 Å². The second-order valence-electron chi connectivity index (χ2n) is 6.58. The Kier molecular flexibility index (Phi) is 6.75. The molecule has 3 rings (SSSR count). The molecule has 0 radical (unpaired) electrons. The molecule has 2 fully saturated rings. The van der Waals surface area contributed by atoms with E-state index in [0.29, 0.717) is 31.4 Å². The number of hydrogen-bond donors (Lipinski definition) is 2. The number of likely N-dealkylation sites (tertiary alicyclic amines) is 1. The molecule has 2 atom stereocenters. The van der Waals surface area contributed by atoms with Gasteiger partial charge in [-0.25, -0.2) is 0 Å². The fraction of sp³-hybridized carbons (Fsp3) is 0.667. The maximum atomic E-state index is 12.5. The second kappa shape index (κ2) is 9.24. The van der Waals surface area contributed by atoms with Gasteiger partial charge in [0.05, 0.1) is 37.5 Å². The first kappa shape index (κ1) is 18.3. The minimum absolute atomic E-state index is 0.0406. The Labute approximate surface area is 148 Å². The molecule has 2 aliphatic heterocycles. The van der Waals surface area contributed by atoms with Crippen LogP contribution in [0.2, 0.25) is 0 Å². The van der Waals surface area contributed by atoms with Crippen molar-refractivity contribution in [2.24, 2.45) is 0 Å². The third-order valence-corrected chi connectivity index (χ3v) is 4.86. The van der Waals surface area contributed by atoms with Crippen molar-refractivity contribution in [3.63, 3.8) is 0 Å². The minimum Gasteiger partial charge on any atom is -0.394 e. The van der Waals surface area contributed by atoms with E-state index in [4.69, 9.17) is 14.6 Å². The maximum absolute atomic E-state index is 12.5. The lowest BCUT2D eigenvalue weighted by Crippen LogP contribution is -2.55. The number of hydrogen-bond acceptors (Lipinski definition) is 6. The molecule has 3 heterocycles. The summed E-state index contributed by atoms with van der Waals surface area (Å²) in [5, 5.41) is 12.6. The summed E-state index contributed by atoms with van der Waals surface area (Å²) in [6, 6.07) is 4.09. The predicted octanol–water partition coefficient (Wildman–Crippen LogP) is 0.442. The summed E-state index contributed by atoms with van der Waals surface area (Å²) in [4.78, 5) is 18.4. The van der Waals surface area contributed by atoms with Gasteiger partial charge in [0, 0.05) is 38.1 Å². The van der Waals surface area contributed by atoms with E-state index < -0.39 is 0 Å². The summed E-state index contributed by atoms with van der Waals surface area (Å²) in [5.74, 6) is 0.0525. The summed E-state index contributed by atoms with van der Waals surface area (Å²) >= 11 is 0. The number of nitrogens with zero attached hydrogens (tertiary/aromatic N) is 2. The summed E-state index contributed by atoms with van der Waals surface area (Å²) in [7, 11) is 0. The molecule has 1 aromatic heterocycles. The first-order valence-electron chi connectivity index (χ1n) is 9.03. The Balaban J connectivity index is 1.47. The lowest BCUT2D eigenvalue weighted by atomic mass is 10.00. The first-order chi connectivity index (χ1) is 12.3. The Bertz CT molecular complexity index is 534. The Morgan fingerprint density at radius 1 is 1.40 bits per heavy atom. The van der Waals surface area contributed by atoms with E-state index >= 15 is 0 Å². The van der Waals surface area contributed by atoms with Crippen LogP contribution in [0.5, 0.6) is 0 Å². The molecule has 1 amide bonds. The fourth-order valence-corrected chi connectivity index (χ4v) is 3.50. The molecule has 2 aliphatic rings. The van der Waals surface area contributed by atoms with Crippen LogP contribution in [0.3, 0.4) is 0 Å². The maximum Gasteiger partial charge on any atom is 0.255 e. The lowest BCUT2D eigenvalue weighted by Gasteiger charge is -2.38. The molecule has 0 unspecified atom stereocenters. The van der Waals surface area contributed by atoms with Crippen LogP contribution in [-0.4, -0.2) is 78.6 Å². The number of aromatic nitrogens is 1. The summed E-state index contributed by atoms with van der Waals surface area (Å²) < 4.78 is 11.3. The van der Waals surface area contributed by atoms with E-state index in [-0.39, 0.29) is 24.7 Å². The van der Waals surface area contributed by atoms with E-state index in [2.05, 4.69) is 10.3 Å². The standard InChI is InChI=1S/C18H27N3O4/c22-9-11-25-17-5-10-24-13-16(17)20-15-3-7-21(8-4-15)18(23)14-2-1-6-19-12-14/h1-2,6,12,15-17,20,22H,3-5,7-11,13H2/t16-,17+/m0/s1. The normalized spacial score (nSPS) is 25.1. The summed E-state index contributed by atoms with van der Waals surface area (Å²) in [5.41, 5.74) is 0.645. The van der Waals surface area contributed by atoms with Crippen molar-refractivity contribution in [3.8, 4) is 0 Å². The Hall–Kier alpha value is -1.54. The van der Waals surface area contributed by atoms with Crippen molar-refractivity contribution in [2.45, 2.75) is 37.5 Å². The molecule has 7 heteroatoms. The highest BCUT2D eigenvalue weighted by molar-refractivity contribution is 5.93. The van der Waals surface area contributed by atoms with Crippen LogP contribution in [0.1, 0.15) is 29.6 Å². The molecule has 0 aromatic carbocycles. The lowest BCUT2D eigenvalue weighted by molar-refractivity contribution is -0.0669. The van der Waals surface area contributed by atoms with Crippen LogP contribution >= 0.6 is 0 Å². The van der Waals surface area contributed by atoms with E-state index in [0.717, 1.165) is 32.4 Å². The molecule has 2 N–H and O–H groups in total. The highest BCUT2D eigenvalue weighted by atomic mass is 16.5. The zero-order chi connectivity index (χ0) is 17.5. The van der Waals surface area contributed by atoms with Crippen molar-refractivity contribution in [1.82, 2.24) is 15.2 Å². The van der Waals surface area contributed by atoms with Crippen LogP contribution in [-0.2, 0) is 9.47 Å². The zero-order valence-corrected chi connectivity index (χ0v) is 14.5. The van der Waals surface area contributed by atoms with Gasteiger partial charge in [-0.2, -0.15) is 0 Å². The molecular weight excluding hydrogens is 322 g/mol. The monoisotopic (exact) mass is 349 g/mol. The van der Waals surface area contributed by atoms with E-state index in [9.17, 15) is 4.79 Å². The van der Waals surface area contributed by atoms with Crippen molar-refractivity contribution in [1.29, 1.82) is 0 Å². The quantitative estimate of drug-likeness (QED) is 0.775. The van der Waals surface area contributed by atoms with Crippen LogP contribution in [0.15, 0.2) is 24.5 Å². The highest BCUT2D eigenvalue weighted by Crippen LogP contribution is 2.18. The number of ether oxygens (including phenoxy) is 2. The van der Waals surface area contributed by atoms with Crippen LogP contribution in [0.4, 0.5) is 0 Å². The average Bonchev–Trinajstić information content (AvgIpc) is 2.68. The van der Waals surface area contributed by atoms with E-state index in [1.807, 2.05) is 11.0 Å². The van der Waals surface area contributed by atoms with Gasteiger partial charge in [-0.05, 0) is 31.4 Å². The smallest absolute Gasteiger partial charge is 0.255 e. The van der Waals surface area contributed by atoms with Crippen molar-refractivity contribution in [2.75, 3.05) is 39.5 Å². The summed E-state index contributed by atoms with van der Waals surface area (Å²) in [6.45, 7) is 3.21. The van der Waals surface area contributed by atoms with Crippen molar-refractivity contribution in [3.05, 3.63) is 30.1 Å². The molecular formula is C18H27N3O4. The third-order valence-electron chi connectivity index (χ3n) is 4.86. The molecule has 1 aromatic rings. The van der Waals surface area contributed by atoms with Crippen LogP contribution in [0.25, 0.3) is 0 Å². The Morgan fingerprint density at radius 2 is 2.24 bits per heavy atom. The number of aliphatic hydroxyl groups excluding tert-OH is 1. The van der Waals surface area contributed by atoms with E-state index in [1.165, 1.54) is 0 Å². The Morgan fingerprint density at radius 3 is 2.96 bits per heavy atom. The fourth-order valence-electron chi connectivity index (χ4n) is 3.50. The van der Waals surface area contributed by atoms with Gasteiger partial charge in [-0.15, -0.1) is 0 Å². The molecule has 7 nitrogen and oxygen atoms in total. The van der Waals surface area contributed by atoms with Crippen LogP contribution in [0, 0.1) is 0 Å². The van der Waals surface area contributed by atoms with Gasteiger partial charge in [-0.1, -0.05) is 0 Å². The average molecular weight is 349 g/mol. The number of nitrogens with one attached hydrogen (secondary N) is 1. The molecule has 2 saturated heterocycles. The van der Waals surface area contributed by atoms with Gasteiger partial charge >= 0.3 is 0 Å². The van der Waals surface area contributed by atoms with Gasteiger partial charge in [-0.3, -0.25) is 9.78 Å². The third kappa shape index (κ3) is 4.98. The number of pyridine rings is 1. The first-order valence-corrected chi connectivity index (χ1v) is 9.03. The molecule has 0 bridgehead atoms. The zero-order valence-electron chi connectivity index (χ0n) is 14.5. The number of amides is 1. The highest BCUT2D eigenvalue weighted by Gasteiger charge is 2.30. The number of piperidine rings is 1. The number of carbonyl (C=O) groups excluding carboxylic acids is 1. The van der Waals surface area contributed by atoms with Crippen molar-refractivity contribution >= 4 is 5.91 Å². The number of aliphatic hydroxyl groups is 1. The topological polar surface area (TPSA) is 83.9 Å². The molecule has 0 saturated carbocycles. The van der Waals surface area contributed by atoms with E-state index in [1.54, 1.807) is 18.5 Å². The second-order valence-corrected chi connectivity index (χ2v) is 6.58. The van der Waals surface area contributed by atoms with Gasteiger partial charge in [0.2, 0.25) is 0 Å². The van der Waals surface area contributed by atoms with Gasteiger partial charge in [0.25, 0.3) is 5.91 Å². The molecule has 138 valence electrons. The molecule has 25 heavy (non-hydrogen) atoms.